The van der Waals surface area contributed by atoms with Crippen molar-refractivity contribution in [3.05, 3.63) is 58.6 Å². The minimum absolute atomic E-state index is 0.0471. The summed E-state index contributed by atoms with van der Waals surface area (Å²) in [6.07, 6.45) is 0. The largest absolute Gasteiger partial charge is 0.465 e. The number of para-hydroxylation sites is 1. The Morgan fingerprint density at radius 1 is 1.08 bits per heavy atom. The van der Waals surface area contributed by atoms with Crippen molar-refractivity contribution >= 4 is 40.6 Å². The third-order valence-electron chi connectivity index (χ3n) is 3.41. The highest BCUT2D eigenvalue weighted by Crippen LogP contribution is 2.21. The van der Waals surface area contributed by atoms with Crippen LogP contribution in [0.25, 0.3) is 0 Å². The highest BCUT2D eigenvalue weighted by molar-refractivity contribution is 6.33. The summed E-state index contributed by atoms with van der Waals surface area (Å²) in [5, 5.41) is 5.84. The van der Waals surface area contributed by atoms with Crippen LogP contribution in [0.2, 0.25) is 5.02 Å². The van der Waals surface area contributed by atoms with Gasteiger partial charge in [-0.3, -0.25) is 9.59 Å². The monoisotopic (exact) mass is 360 g/mol. The molecule has 2 aromatic rings. The lowest BCUT2D eigenvalue weighted by Gasteiger charge is -2.11. The molecule has 0 atom stereocenters. The van der Waals surface area contributed by atoms with E-state index in [1.165, 1.54) is 20.1 Å². The number of hydrogen-bond acceptors (Lipinski definition) is 5. The molecule has 0 aliphatic carbocycles. The summed E-state index contributed by atoms with van der Waals surface area (Å²) in [4.78, 5) is 35.3. The first-order chi connectivity index (χ1) is 11.9. The maximum atomic E-state index is 12.1. The first kappa shape index (κ1) is 18.5. The summed E-state index contributed by atoms with van der Waals surface area (Å²) in [6.45, 7) is 1.39. The summed E-state index contributed by atoms with van der Waals surface area (Å²) < 4.78 is 4.65. The number of carbonyl (C=O) groups is 3. The Bertz CT molecular complexity index is 820. The lowest BCUT2D eigenvalue weighted by Crippen LogP contribution is -2.22. The van der Waals surface area contributed by atoms with Gasteiger partial charge in [-0.1, -0.05) is 23.7 Å². The molecule has 7 heteroatoms. The predicted molar refractivity (Wildman–Crippen MR) is 96.4 cm³/mol. The zero-order chi connectivity index (χ0) is 18.4. The molecule has 2 rings (SSSR count). The van der Waals surface area contributed by atoms with E-state index in [4.69, 9.17) is 11.6 Å². The number of nitrogens with one attached hydrogen (secondary N) is 2. The van der Waals surface area contributed by atoms with E-state index in [0.717, 1.165) is 0 Å². The lowest BCUT2D eigenvalue weighted by molar-refractivity contribution is -0.114. The molecule has 0 saturated heterocycles. The highest BCUT2D eigenvalue weighted by Gasteiger charge is 2.13. The number of halogens is 1. The molecule has 6 nitrogen and oxygen atoms in total. The maximum absolute atomic E-state index is 12.1. The van der Waals surface area contributed by atoms with E-state index in [-0.39, 0.29) is 28.8 Å². The Morgan fingerprint density at radius 2 is 1.80 bits per heavy atom. The molecule has 0 saturated carbocycles. The molecule has 0 aliphatic rings. The summed E-state index contributed by atoms with van der Waals surface area (Å²) in [5.41, 5.74) is 1.64. The van der Waals surface area contributed by atoms with E-state index >= 15 is 0 Å². The standard InChI is InChI=1S/C18H17ClN2O4/c1-11(22)13-5-3-4-6-16(13)21-17(23)10-20-12-7-8-15(19)14(9-12)18(24)25-2/h3-9,20H,10H2,1-2H3,(H,21,23). The van der Waals surface area contributed by atoms with E-state index in [1.54, 1.807) is 36.4 Å². The fraction of sp³-hybridized carbons (Fsp3) is 0.167. The van der Waals surface area contributed by atoms with Gasteiger partial charge in [-0.2, -0.15) is 0 Å². The van der Waals surface area contributed by atoms with Crippen molar-refractivity contribution in [3.8, 4) is 0 Å². The van der Waals surface area contributed by atoms with E-state index in [2.05, 4.69) is 15.4 Å². The van der Waals surface area contributed by atoms with Crippen LogP contribution in [0.1, 0.15) is 27.6 Å². The van der Waals surface area contributed by atoms with Crippen LogP contribution in [0.5, 0.6) is 0 Å². The molecule has 0 radical (unpaired) electrons. The number of methoxy groups -OCH3 is 1. The Morgan fingerprint density at radius 3 is 2.48 bits per heavy atom. The van der Waals surface area contributed by atoms with Crippen molar-refractivity contribution in [1.29, 1.82) is 0 Å². The minimum atomic E-state index is -0.562. The number of hydrogen-bond donors (Lipinski definition) is 2. The van der Waals surface area contributed by atoms with Gasteiger partial charge >= 0.3 is 5.97 Å². The van der Waals surface area contributed by atoms with Gasteiger partial charge in [0, 0.05) is 11.3 Å². The summed E-state index contributed by atoms with van der Waals surface area (Å²) in [7, 11) is 1.26. The summed E-state index contributed by atoms with van der Waals surface area (Å²) in [6, 6.07) is 11.5. The number of Topliss-reactive ketones (excluding diaryl/α,β-unsaturated/α-hetero) is 1. The Kier molecular flexibility index (Phi) is 6.14. The van der Waals surface area contributed by atoms with Crippen LogP contribution < -0.4 is 10.6 Å². The number of amides is 1. The topological polar surface area (TPSA) is 84.5 Å². The zero-order valence-corrected chi connectivity index (χ0v) is 14.5. The maximum Gasteiger partial charge on any atom is 0.339 e. The van der Waals surface area contributed by atoms with Crippen LogP contribution in [0, 0.1) is 0 Å². The molecule has 2 aromatic carbocycles. The number of ether oxygens (including phenoxy) is 1. The minimum Gasteiger partial charge on any atom is -0.465 e. The molecule has 25 heavy (non-hydrogen) atoms. The van der Waals surface area contributed by atoms with Crippen LogP contribution >= 0.6 is 11.6 Å². The van der Waals surface area contributed by atoms with Crippen LogP contribution in [0.15, 0.2) is 42.5 Å². The van der Waals surface area contributed by atoms with E-state index in [0.29, 0.717) is 16.9 Å². The van der Waals surface area contributed by atoms with Gasteiger partial charge in [0.25, 0.3) is 0 Å². The molecular formula is C18H17ClN2O4. The van der Waals surface area contributed by atoms with Crippen LogP contribution in [0.3, 0.4) is 0 Å². The third kappa shape index (κ3) is 4.81. The highest BCUT2D eigenvalue weighted by atomic mass is 35.5. The molecule has 0 bridgehead atoms. The fourth-order valence-corrected chi connectivity index (χ4v) is 2.37. The molecule has 1 amide bonds. The van der Waals surface area contributed by atoms with E-state index < -0.39 is 5.97 Å². The molecule has 0 aliphatic heterocycles. The van der Waals surface area contributed by atoms with Crippen LogP contribution in [0.4, 0.5) is 11.4 Å². The van der Waals surface area contributed by atoms with Gasteiger partial charge in [0.2, 0.25) is 5.91 Å². The van der Waals surface area contributed by atoms with Gasteiger partial charge < -0.3 is 15.4 Å². The molecule has 2 N–H and O–H groups in total. The van der Waals surface area contributed by atoms with Gasteiger partial charge in [-0.05, 0) is 37.3 Å². The van der Waals surface area contributed by atoms with Crippen molar-refractivity contribution in [2.75, 3.05) is 24.3 Å². The molecule has 130 valence electrons. The van der Waals surface area contributed by atoms with Crippen molar-refractivity contribution in [3.63, 3.8) is 0 Å². The SMILES string of the molecule is COC(=O)c1cc(NCC(=O)Nc2ccccc2C(C)=O)ccc1Cl. The first-order valence-corrected chi connectivity index (χ1v) is 7.81. The second kappa shape index (κ2) is 8.30. The Balaban J connectivity index is 2.04. The Labute approximate surface area is 150 Å². The van der Waals surface area contributed by atoms with Crippen LogP contribution in [-0.2, 0) is 9.53 Å². The summed E-state index contributed by atoms with van der Waals surface area (Å²) in [5.74, 6) is -1.03. The number of benzene rings is 2. The van der Waals surface area contributed by atoms with E-state index in [1.807, 2.05) is 0 Å². The van der Waals surface area contributed by atoms with Gasteiger partial charge in [-0.25, -0.2) is 4.79 Å². The quantitative estimate of drug-likeness (QED) is 0.609. The van der Waals surface area contributed by atoms with Crippen molar-refractivity contribution in [2.45, 2.75) is 6.92 Å². The molecule has 0 aromatic heterocycles. The number of anilines is 2. The molecule has 0 unspecified atom stereocenters. The van der Waals surface area contributed by atoms with Gasteiger partial charge in [0.05, 0.1) is 29.9 Å². The predicted octanol–water partition coefficient (Wildman–Crippen LogP) is 3.38. The smallest absolute Gasteiger partial charge is 0.339 e. The van der Waals surface area contributed by atoms with Crippen molar-refractivity contribution in [2.24, 2.45) is 0 Å². The molecule has 0 heterocycles. The van der Waals surface area contributed by atoms with Crippen molar-refractivity contribution < 1.29 is 19.1 Å². The van der Waals surface area contributed by atoms with Gasteiger partial charge in [-0.15, -0.1) is 0 Å². The second-order valence-electron chi connectivity index (χ2n) is 5.19. The third-order valence-corrected chi connectivity index (χ3v) is 3.73. The zero-order valence-electron chi connectivity index (χ0n) is 13.8. The summed E-state index contributed by atoms with van der Waals surface area (Å²) >= 11 is 5.95. The molecule has 0 fully saturated rings. The fourth-order valence-electron chi connectivity index (χ4n) is 2.18. The van der Waals surface area contributed by atoms with Crippen LogP contribution in [-0.4, -0.2) is 31.3 Å². The van der Waals surface area contributed by atoms with E-state index in [9.17, 15) is 14.4 Å². The molecule has 0 spiro atoms. The number of esters is 1. The second-order valence-corrected chi connectivity index (χ2v) is 5.60. The number of rotatable bonds is 6. The van der Waals surface area contributed by atoms with Gasteiger partial charge in [0.15, 0.2) is 5.78 Å². The lowest BCUT2D eigenvalue weighted by atomic mass is 10.1. The van der Waals surface area contributed by atoms with Crippen molar-refractivity contribution in [1.82, 2.24) is 0 Å². The molecular weight excluding hydrogens is 344 g/mol. The number of ketones is 1. The average Bonchev–Trinajstić information content (AvgIpc) is 2.60. The Hall–Kier alpha value is -2.86. The number of carbonyl (C=O) groups excluding carboxylic acids is 3. The first-order valence-electron chi connectivity index (χ1n) is 7.44. The van der Waals surface area contributed by atoms with Gasteiger partial charge in [0.1, 0.15) is 0 Å². The normalized spacial score (nSPS) is 10.0. The average molecular weight is 361 g/mol.